The average Bonchev–Trinajstić information content (AvgIpc) is 3.15. The second-order valence-corrected chi connectivity index (χ2v) is 7.18. The molecule has 0 aromatic carbocycles. The molecule has 2 rings (SSSR count). The first-order valence-corrected chi connectivity index (χ1v) is 9.75. The standard InChI is InChI=1S/C19H34O5/c1-2-3-4-6-11-22-13-15-16(18-10-9-17(15)24-18)14-23-12-7-5-8-19(20)21/h15-18H,2-14H2,1H3,(H,20,21). The van der Waals surface area contributed by atoms with Crippen LogP contribution in [-0.2, 0) is 19.0 Å². The molecule has 0 aromatic rings. The zero-order valence-electron chi connectivity index (χ0n) is 15.1. The molecule has 0 amide bonds. The topological polar surface area (TPSA) is 65.0 Å². The first kappa shape index (κ1) is 19.7. The largest absolute Gasteiger partial charge is 0.481 e. The Bertz CT molecular complexity index is 360. The van der Waals surface area contributed by atoms with Crippen molar-refractivity contribution in [1.29, 1.82) is 0 Å². The lowest BCUT2D eigenvalue weighted by Gasteiger charge is -2.27. The molecule has 2 heterocycles. The summed E-state index contributed by atoms with van der Waals surface area (Å²) in [6.45, 7) is 5.24. The molecule has 0 aliphatic carbocycles. The Morgan fingerprint density at radius 3 is 2.08 bits per heavy atom. The van der Waals surface area contributed by atoms with E-state index < -0.39 is 5.97 Å². The van der Waals surface area contributed by atoms with Crippen LogP contribution in [0.1, 0.15) is 64.7 Å². The van der Waals surface area contributed by atoms with E-state index in [1.165, 1.54) is 19.3 Å². The molecule has 0 radical (unpaired) electrons. The monoisotopic (exact) mass is 342 g/mol. The van der Waals surface area contributed by atoms with E-state index >= 15 is 0 Å². The zero-order valence-corrected chi connectivity index (χ0v) is 15.1. The van der Waals surface area contributed by atoms with Crippen LogP contribution in [0.3, 0.4) is 0 Å². The van der Waals surface area contributed by atoms with Gasteiger partial charge in [-0.2, -0.15) is 0 Å². The van der Waals surface area contributed by atoms with Crippen LogP contribution in [0, 0.1) is 11.8 Å². The predicted octanol–water partition coefficient (Wildman–Crippen LogP) is 3.65. The quantitative estimate of drug-likeness (QED) is 0.488. The summed E-state index contributed by atoms with van der Waals surface area (Å²) < 4.78 is 17.8. The fourth-order valence-electron chi connectivity index (χ4n) is 3.88. The van der Waals surface area contributed by atoms with Crippen molar-refractivity contribution in [1.82, 2.24) is 0 Å². The van der Waals surface area contributed by atoms with Crippen LogP contribution in [0.4, 0.5) is 0 Å². The number of hydrogen-bond donors (Lipinski definition) is 1. The van der Waals surface area contributed by atoms with Crippen LogP contribution in [0.15, 0.2) is 0 Å². The van der Waals surface area contributed by atoms with Crippen molar-refractivity contribution in [2.24, 2.45) is 11.8 Å². The Labute approximate surface area is 146 Å². The first-order chi connectivity index (χ1) is 11.7. The Balaban J connectivity index is 1.59. The highest BCUT2D eigenvalue weighted by atomic mass is 16.5. The van der Waals surface area contributed by atoms with E-state index in [9.17, 15) is 4.79 Å². The number of carboxylic acids is 1. The van der Waals surface area contributed by atoms with Gasteiger partial charge in [-0.15, -0.1) is 0 Å². The normalized spacial score (nSPS) is 28.5. The molecule has 2 saturated heterocycles. The second-order valence-electron chi connectivity index (χ2n) is 7.18. The average molecular weight is 342 g/mol. The maximum atomic E-state index is 10.5. The Kier molecular flexibility index (Phi) is 9.07. The number of unbranched alkanes of at least 4 members (excludes halogenated alkanes) is 4. The minimum atomic E-state index is -0.729. The number of hydrogen-bond acceptors (Lipinski definition) is 4. The summed E-state index contributed by atoms with van der Waals surface area (Å²) in [6, 6.07) is 0. The van der Waals surface area contributed by atoms with Gasteiger partial charge in [0.2, 0.25) is 0 Å². The van der Waals surface area contributed by atoms with Gasteiger partial charge in [0, 0.05) is 31.5 Å². The molecule has 4 unspecified atom stereocenters. The van der Waals surface area contributed by atoms with Crippen LogP contribution in [0.2, 0.25) is 0 Å². The van der Waals surface area contributed by atoms with Gasteiger partial charge in [0.1, 0.15) is 0 Å². The molecule has 2 aliphatic heterocycles. The molecule has 2 bridgehead atoms. The molecule has 0 saturated carbocycles. The van der Waals surface area contributed by atoms with E-state index in [-0.39, 0.29) is 6.42 Å². The van der Waals surface area contributed by atoms with E-state index in [2.05, 4.69) is 6.92 Å². The van der Waals surface area contributed by atoms with Crippen molar-refractivity contribution in [2.75, 3.05) is 26.4 Å². The lowest BCUT2D eigenvalue weighted by atomic mass is 9.80. The molecular weight excluding hydrogens is 308 g/mol. The fourth-order valence-corrected chi connectivity index (χ4v) is 3.88. The van der Waals surface area contributed by atoms with Crippen LogP contribution in [-0.4, -0.2) is 49.7 Å². The highest BCUT2D eigenvalue weighted by Crippen LogP contribution is 2.43. The van der Waals surface area contributed by atoms with Gasteiger partial charge in [-0.25, -0.2) is 0 Å². The van der Waals surface area contributed by atoms with E-state index in [0.717, 1.165) is 45.5 Å². The third-order valence-electron chi connectivity index (χ3n) is 5.28. The molecule has 140 valence electrons. The van der Waals surface area contributed by atoms with E-state index in [0.29, 0.717) is 37.1 Å². The van der Waals surface area contributed by atoms with E-state index in [1.54, 1.807) is 0 Å². The van der Waals surface area contributed by atoms with Gasteiger partial charge in [-0.3, -0.25) is 4.79 Å². The maximum Gasteiger partial charge on any atom is 0.303 e. The summed E-state index contributed by atoms with van der Waals surface area (Å²) in [4.78, 5) is 10.5. The molecule has 0 aromatic heterocycles. The summed E-state index contributed by atoms with van der Waals surface area (Å²) in [5.41, 5.74) is 0. The molecule has 4 atom stereocenters. The van der Waals surface area contributed by atoms with Crippen molar-refractivity contribution in [2.45, 2.75) is 76.9 Å². The van der Waals surface area contributed by atoms with Crippen LogP contribution in [0.25, 0.3) is 0 Å². The Morgan fingerprint density at radius 1 is 0.958 bits per heavy atom. The molecule has 2 fully saturated rings. The molecule has 5 heteroatoms. The van der Waals surface area contributed by atoms with Crippen molar-refractivity contribution < 1.29 is 24.1 Å². The molecule has 1 N–H and O–H groups in total. The minimum Gasteiger partial charge on any atom is -0.481 e. The number of ether oxygens (including phenoxy) is 3. The maximum absolute atomic E-state index is 10.5. The number of aliphatic carboxylic acids is 1. The third-order valence-corrected chi connectivity index (χ3v) is 5.28. The lowest BCUT2D eigenvalue weighted by Crippen LogP contribution is -2.34. The molecular formula is C19H34O5. The van der Waals surface area contributed by atoms with E-state index in [4.69, 9.17) is 19.3 Å². The first-order valence-electron chi connectivity index (χ1n) is 9.75. The van der Waals surface area contributed by atoms with Crippen LogP contribution >= 0.6 is 0 Å². The number of fused-ring (bicyclic) bond motifs is 2. The number of carboxylic acid groups (broad SMARTS) is 1. The van der Waals surface area contributed by atoms with Crippen LogP contribution in [0.5, 0.6) is 0 Å². The SMILES string of the molecule is CCCCCCOCC1C2CCC(O2)C1COCCCCC(=O)O. The van der Waals surface area contributed by atoms with Crippen molar-refractivity contribution in [3.05, 3.63) is 0 Å². The van der Waals surface area contributed by atoms with Gasteiger partial charge < -0.3 is 19.3 Å². The second kappa shape index (κ2) is 11.1. The highest BCUT2D eigenvalue weighted by Gasteiger charge is 2.48. The predicted molar refractivity (Wildman–Crippen MR) is 92.1 cm³/mol. The summed E-state index contributed by atoms with van der Waals surface area (Å²) in [5, 5.41) is 8.63. The van der Waals surface area contributed by atoms with Gasteiger partial charge in [0.25, 0.3) is 0 Å². The summed E-state index contributed by atoms with van der Waals surface area (Å²) in [6.07, 6.45) is 9.68. The smallest absolute Gasteiger partial charge is 0.303 e. The highest BCUT2D eigenvalue weighted by molar-refractivity contribution is 5.66. The Morgan fingerprint density at radius 2 is 1.54 bits per heavy atom. The molecule has 5 nitrogen and oxygen atoms in total. The number of carbonyl (C=O) groups is 1. The molecule has 0 spiro atoms. The van der Waals surface area contributed by atoms with Crippen molar-refractivity contribution in [3.8, 4) is 0 Å². The van der Waals surface area contributed by atoms with Gasteiger partial charge in [0.15, 0.2) is 0 Å². The summed E-state index contributed by atoms with van der Waals surface area (Å²) in [7, 11) is 0. The van der Waals surface area contributed by atoms with Gasteiger partial charge in [0.05, 0.1) is 25.4 Å². The summed E-state index contributed by atoms with van der Waals surface area (Å²) in [5.74, 6) is 0.181. The van der Waals surface area contributed by atoms with Gasteiger partial charge in [-0.1, -0.05) is 26.2 Å². The van der Waals surface area contributed by atoms with Crippen molar-refractivity contribution in [3.63, 3.8) is 0 Å². The van der Waals surface area contributed by atoms with Crippen LogP contribution < -0.4 is 0 Å². The minimum absolute atomic E-state index is 0.231. The summed E-state index contributed by atoms with van der Waals surface area (Å²) >= 11 is 0. The lowest BCUT2D eigenvalue weighted by molar-refractivity contribution is -0.137. The number of rotatable bonds is 14. The molecule has 24 heavy (non-hydrogen) atoms. The molecule has 2 aliphatic rings. The van der Waals surface area contributed by atoms with E-state index in [1.807, 2.05) is 0 Å². The Hall–Kier alpha value is -0.650. The van der Waals surface area contributed by atoms with Crippen molar-refractivity contribution >= 4 is 5.97 Å². The third kappa shape index (κ3) is 6.34. The van der Waals surface area contributed by atoms with Gasteiger partial charge >= 0.3 is 5.97 Å². The zero-order chi connectivity index (χ0) is 17.2. The van der Waals surface area contributed by atoms with Gasteiger partial charge in [-0.05, 0) is 32.1 Å². The fraction of sp³-hybridized carbons (Fsp3) is 0.947.